The first-order chi connectivity index (χ1) is 6.13. The summed E-state index contributed by atoms with van der Waals surface area (Å²) in [6, 6.07) is 0. The zero-order valence-corrected chi connectivity index (χ0v) is 9.26. The second-order valence-corrected chi connectivity index (χ2v) is 4.14. The van der Waals surface area contributed by atoms with Crippen LogP contribution in [0.1, 0.15) is 27.7 Å². The SMILES string of the molecule is CC(C)=C(C(C)C)N1CCOCC1. The molecule has 0 atom stereocenters. The van der Waals surface area contributed by atoms with Crippen molar-refractivity contribution in [3.63, 3.8) is 0 Å². The molecule has 13 heavy (non-hydrogen) atoms. The highest BCUT2D eigenvalue weighted by molar-refractivity contribution is 5.11. The summed E-state index contributed by atoms with van der Waals surface area (Å²) >= 11 is 0. The molecule has 0 amide bonds. The van der Waals surface area contributed by atoms with Crippen LogP contribution in [0.25, 0.3) is 0 Å². The molecule has 76 valence electrons. The first-order valence-electron chi connectivity index (χ1n) is 5.13. The van der Waals surface area contributed by atoms with Gasteiger partial charge in [-0.2, -0.15) is 0 Å². The monoisotopic (exact) mass is 183 g/mol. The van der Waals surface area contributed by atoms with Gasteiger partial charge in [-0.3, -0.25) is 0 Å². The van der Waals surface area contributed by atoms with Crippen LogP contribution in [0.15, 0.2) is 11.3 Å². The number of hydrogen-bond donors (Lipinski definition) is 0. The number of allylic oxidation sites excluding steroid dienone is 2. The van der Waals surface area contributed by atoms with Gasteiger partial charge in [0, 0.05) is 18.8 Å². The van der Waals surface area contributed by atoms with Crippen LogP contribution in [0.4, 0.5) is 0 Å². The molecule has 0 aliphatic carbocycles. The third-order valence-electron chi connectivity index (χ3n) is 2.41. The standard InChI is InChI=1S/C11H21NO/c1-9(2)11(10(3)4)12-5-7-13-8-6-12/h9H,5-8H2,1-4H3. The van der Waals surface area contributed by atoms with Crippen LogP contribution in [0.2, 0.25) is 0 Å². The third-order valence-corrected chi connectivity index (χ3v) is 2.41. The van der Waals surface area contributed by atoms with Crippen molar-refractivity contribution in [2.24, 2.45) is 5.92 Å². The normalized spacial score (nSPS) is 17.8. The van der Waals surface area contributed by atoms with Crippen LogP contribution in [0.3, 0.4) is 0 Å². The number of hydrogen-bond acceptors (Lipinski definition) is 2. The van der Waals surface area contributed by atoms with Gasteiger partial charge in [0.1, 0.15) is 0 Å². The van der Waals surface area contributed by atoms with Gasteiger partial charge in [0.05, 0.1) is 13.2 Å². The summed E-state index contributed by atoms with van der Waals surface area (Å²) in [5.41, 5.74) is 2.94. The average Bonchev–Trinajstić information content (AvgIpc) is 2.04. The van der Waals surface area contributed by atoms with E-state index < -0.39 is 0 Å². The quantitative estimate of drug-likeness (QED) is 0.651. The van der Waals surface area contributed by atoms with E-state index in [1.165, 1.54) is 11.3 Å². The summed E-state index contributed by atoms with van der Waals surface area (Å²) in [6.07, 6.45) is 0. The Morgan fingerprint density at radius 1 is 1.15 bits per heavy atom. The Balaban J connectivity index is 2.69. The third kappa shape index (κ3) is 2.73. The topological polar surface area (TPSA) is 12.5 Å². The lowest BCUT2D eigenvalue weighted by molar-refractivity contribution is 0.0490. The Bertz CT molecular complexity index is 186. The van der Waals surface area contributed by atoms with E-state index in [4.69, 9.17) is 4.74 Å². The maximum absolute atomic E-state index is 5.35. The van der Waals surface area contributed by atoms with E-state index in [0.29, 0.717) is 5.92 Å². The summed E-state index contributed by atoms with van der Waals surface area (Å²) in [4.78, 5) is 2.46. The van der Waals surface area contributed by atoms with Crippen molar-refractivity contribution in [2.75, 3.05) is 26.3 Å². The highest BCUT2D eigenvalue weighted by Gasteiger charge is 2.16. The Labute approximate surface area is 81.6 Å². The minimum absolute atomic E-state index is 0.628. The molecule has 1 aliphatic rings. The van der Waals surface area contributed by atoms with Crippen LogP contribution >= 0.6 is 0 Å². The van der Waals surface area contributed by atoms with Crippen LogP contribution in [-0.4, -0.2) is 31.2 Å². The van der Waals surface area contributed by atoms with Gasteiger partial charge in [-0.05, 0) is 19.8 Å². The van der Waals surface area contributed by atoms with Crippen molar-refractivity contribution >= 4 is 0 Å². The summed E-state index contributed by atoms with van der Waals surface area (Å²) in [7, 11) is 0. The van der Waals surface area contributed by atoms with Crippen molar-refractivity contribution in [3.05, 3.63) is 11.3 Å². The molecule has 1 heterocycles. The van der Waals surface area contributed by atoms with Crippen LogP contribution in [-0.2, 0) is 4.74 Å². The summed E-state index contributed by atoms with van der Waals surface area (Å²) in [6.45, 7) is 12.8. The molecule has 2 heteroatoms. The first-order valence-corrected chi connectivity index (χ1v) is 5.13. The predicted molar refractivity (Wildman–Crippen MR) is 55.6 cm³/mol. The van der Waals surface area contributed by atoms with Crippen LogP contribution < -0.4 is 0 Å². The Hall–Kier alpha value is -0.500. The molecule has 0 unspecified atom stereocenters. The molecule has 1 rings (SSSR count). The van der Waals surface area contributed by atoms with Gasteiger partial charge < -0.3 is 9.64 Å². The van der Waals surface area contributed by atoms with E-state index in [0.717, 1.165) is 26.3 Å². The van der Waals surface area contributed by atoms with E-state index in [1.54, 1.807) is 0 Å². The second kappa shape index (κ2) is 4.66. The molecule has 0 aromatic heterocycles. The van der Waals surface area contributed by atoms with E-state index >= 15 is 0 Å². The number of nitrogens with zero attached hydrogens (tertiary/aromatic N) is 1. The first kappa shape index (κ1) is 10.6. The van der Waals surface area contributed by atoms with Gasteiger partial charge in [0.2, 0.25) is 0 Å². The van der Waals surface area contributed by atoms with Crippen LogP contribution in [0, 0.1) is 5.92 Å². The summed E-state index contributed by atoms with van der Waals surface area (Å²) in [5, 5.41) is 0. The Kier molecular flexibility index (Phi) is 3.79. The van der Waals surface area contributed by atoms with E-state index in [-0.39, 0.29) is 0 Å². The molecule has 1 fully saturated rings. The molecule has 1 aliphatic heterocycles. The molecule has 0 aromatic carbocycles. The molecule has 0 saturated carbocycles. The van der Waals surface area contributed by atoms with Crippen molar-refractivity contribution in [3.8, 4) is 0 Å². The van der Waals surface area contributed by atoms with Crippen molar-refractivity contribution in [1.29, 1.82) is 0 Å². The fourth-order valence-corrected chi connectivity index (χ4v) is 2.06. The lowest BCUT2D eigenvalue weighted by Crippen LogP contribution is -2.37. The minimum Gasteiger partial charge on any atom is -0.378 e. The second-order valence-electron chi connectivity index (χ2n) is 4.14. The van der Waals surface area contributed by atoms with Gasteiger partial charge in [-0.25, -0.2) is 0 Å². The van der Waals surface area contributed by atoms with Gasteiger partial charge in [-0.1, -0.05) is 19.4 Å². The molecule has 0 aromatic rings. The fourth-order valence-electron chi connectivity index (χ4n) is 2.06. The van der Waals surface area contributed by atoms with Crippen LogP contribution in [0.5, 0.6) is 0 Å². The van der Waals surface area contributed by atoms with Gasteiger partial charge in [0.15, 0.2) is 0 Å². The number of rotatable bonds is 2. The predicted octanol–water partition coefficient (Wildman–Crippen LogP) is 2.27. The van der Waals surface area contributed by atoms with E-state index in [9.17, 15) is 0 Å². The largest absolute Gasteiger partial charge is 0.378 e. The fraction of sp³-hybridized carbons (Fsp3) is 0.818. The zero-order valence-electron chi connectivity index (χ0n) is 9.26. The molecule has 2 nitrogen and oxygen atoms in total. The van der Waals surface area contributed by atoms with Gasteiger partial charge in [-0.15, -0.1) is 0 Å². The molecular weight excluding hydrogens is 162 g/mol. The van der Waals surface area contributed by atoms with Crippen molar-refractivity contribution < 1.29 is 4.74 Å². The molecule has 1 saturated heterocycles. The van der Waals surface area contributed by atoms with E-state index in [1.807, 2.05) is 0 Å². The molecule has 0 spiro atoms. The summed E-state index contributed by atoms with van der Waals surface area (Å²) in [5.74, 6) is 0.628. The van der Waals surface area contributed by atoms with Crippen molar-refractivity contribution in [2.45, 2.75) is 27.7 Å². The number of ether oxygens (including phenoxy) is 1. The van der Waals surface area contributed by atoms with Gasteiger partial charge >= 0.3 is 0 Å². The van der Waals surface area contributed by atoms with E-state index in [2.05, 4.69) is 32.6 Å². The highest BCUT2D eigenvalue weighted by Crippen LogP contribution is 2.20. The molecule has 0 N–H and O–H groups in total. The van der Waals surface area contributed by atoms with Crippen molar-refractivity contribution in [1.82, 2.24) is 4.90 Å². The van der Waals surface area contributed by atoms with Gasteiger partial charge in [0.25, 0.3) is 0 Å². The Morgan fingerprint density at radius 2 is 1.69 bits per heavy atom. The lowest BCUT2D eigenvalue weighted by atomic mass is 10.0. The number of morpholine rings is 1. The molecule has 0 bridgehead atoms. The maximum atomic E-state index is 5.35. The summed E-state index contributed by atoms with van der Waals surface area (Å²) < 4.78 is 5.35. The Morgan fingerprint density at radius 3 is 2.08 bits per heavy atom. The molecular formula is C11H21NO. The maximum Gasteiger partial charge on any atom is 0.0642 e. The molecule has 0 radical (unpaired) electrons. The highest BCUT2D eigenvalue weighted by atomic mass is 16.5. The minimum atomic E-state index is 0.628. The lowest BCUT2D eigenvalue weighted by Gasteiger charge is -2.34. The zero-order chi connectivity index (χ0) is 9.84. The average molecular weight is 183 g/mol. The smallest absolute Gasteiger partial charge is 0.0642 e.